The summed E-state index contributed by atoms with van der Waals surface area (Å²) in [6.07, 6.45) is 0.874. The van der Waals surface area contributed by atoms with Crippen molar-refractivity contribution in [3.8, 4) is 0 Å². The number of ether oxygens (including phenoxy) is 1. The number of amides is 1. The summed E-state index contributed by atoms with van der Waals surface area (Å²) in [7, 11) is 0. The first-order chi connectivity index (χ1) is 9.58. The third-order valence-corrected chi connectivity index (χ3v) is 4.68. The maximum absolute atomic E-state index is 12.4. The van der Waals surface area contributed by atoms with Gasteiger partial charge in [-0.25, -0.2) is 0 Å². The van der Waals surface area contributed by atoms with Gasteiger partial charge in [-0.15, -0.1) is 0 Å². The van der Waals surface area contributed by atoms with E-state index in [-0.39, 0.29) is 18.1 Å². The van der Waals surface area contributed by atoms with E-state index in [0.717, 1.165) is 17.3 Å². The predicted octanol–water partition coefficient (Wildman–Crippen LogP) is 2.27. The standard InChI is InChI=1S/C14H14BrNO4/c15-7-3-1-2-4-8(7)16-13(17)11-9-5-6-10(20-9)12(11)14(18)19/h1-4,9-12H,5-6H2,(H,16,17)(H,18,19)/t9-,10-,11+,12+/m1/s1. The third kappa shape index (κ3) is 2.23. The molecule has 0 radical (unpaired) electrons. The summed E-state index contributed by atoms with van der Waals surface area (Å²) in [4.78, 5) is 23.8. The van der Waals surface area contributed by atoms with Gasteiger partial charge in [-0.2, -0.15) is 0 Å². The Morgan fingerprint density at radius 3 is 2.50 bits per heavy atom. The zero-order valence-corrected chi connectivity index (χ0v) is 12.2. The number of anilines is 1. The van der Waals surface area contributed by atoms with Gasteiger partial charge in [0.25, 0.3) is 0 Å². The van der Waals surface area contributed by atoms with E-state index in [1.54, 1.807) is 6.07 Å². The predicted molar refractivity (Wildman–Crippen MR) is 75.3 cm³/mol. The number of para-hydroxylation sites is 1. The van der Waals surface area contributed by atoms with E-state index >= 15 is 0 Å². The van der Waals surface area contributed by atoms with E-state index in [1.807, 2.05) is 18.2 Å². The average molecular weight is 340 g/mol. The number of hydrogen-bond acceptors (Lipinski definition) is 3. The van der Waals surface area contributed by atoms with Crippen LogP contribution in [0, 0.1) is 11.8 Å². The summed E-state index contributed by atoms with van der Waals surface area (Å²) >= 11 is 3.36. The molecule has 4 atom stereocenters. The van der Waals surface area contributed by atoms with Gasteiger partial charge in [-0.3, -0.25) is 9.59 Å². The van der Waals surface area contributed by atoms with Crippen molar-refractivity contribution in [3.63, 3.8) is 0 Å². The first-order valence-electron chi connectivity index (χ1n) is 6.51. The van der Waals surface area contributed by atoms with Gasteiger partial charge in [0.05, 0.1) is 29.7 Å². The zero-order chi connectivity index (χ0) is 14.3. The van der Waals surface area contributed by atoms with Crippen LogP contribution in [0.25, 0.3) is 0 Å². The number of nitrogens with one attached hydrogen (secondary N) is 1. The van der Waals surface area contributed by atoms with Crippen molar-refractivity contribution in [2.24, 2.45) is 11.8 Å². The summed E-state index contributed by atoms with van der Waals surface area (Å²) in [6, 6.07) is 7.25. The highest BCUT2D eigenvalue weighted by atomic mass is 79.9. The largest absolute Gasteiger partial charge is 0.481 e. The molecular weight excluding hydrogens is 326 g/mol. The van der Waals surface area contributed by atoms with E-state index in [4.69, 9.17) is 4.74 Å². The van der Waals surface area contributed by atoms with Crippen molar-refractivity contribution >= 4 is 33.5 Å². The Morgan fingerprint density at radius 1 is 1.20 bits per heavy atom. The fourth-order valence-electron chi connectivity index (χ4n) is 3.10. The first kappa shape index (κ1) is 13.6. The van der Waals surface area contributed by atoms with Crippen molar-refractivity contribution in [2.45, 2.75) is 25.0 Å². The SMILES string of the molecule is O=C(O)[C@@H]1[C@@H](C(=O)Nc2ccccc2Br)[C@H]2CC[C@H]1O2. The topological polar surface area (TPSA) is 75.6 Å². The van der Waals surface area contributed by atoms with Gasteiger partial charge in [-0.1, -0.05) is 12.1 Å². The van der Waals surface area contributed by atoms with Crippen LogP contribution in [-0.4, -0.2) is 29.2 Å². The highest BCUT2D eigenvalue weighted by molar-refractivity contribution is 9.10. The van der Waals surface area contributed by atoms with Crippen LogP contribution in [0.2, 0.25) is 0 Å². The number of benzene rings is 1. The Hall–Kier alpha value is -1.40. The van der Waals surface area contributed by atoms with Gasteiger partial charge in [0.1, 0.15) is 0 Å². The van der Waals surface area contributed by atoms with Crippen LogP contribution >= 0.6 is 15.9 Å². The van der Waals surface area contributed by atoms with E-state index < -0.39 is 17.8 Å². The molecule has 1 amide bonds. The summed E-state index contributed by atoms with van der Waals surface area (Å²) in [5, 5.41) is 12.1. The van der Waals surface area contributed by atoms with Gasteiger partial charge in [0.2, 0.25) is 5.91 Å². The number of rotatable bonds is 3. The molecule has 2 fully saturated rings. The Labute approximate surface area is 124 Å². The molecule has 106 valence electrons. The second-order valence-electron chi connectivity index (χ2n) is 5.15. The Morgan fingerprint density at radius 2 is 1.85 bits per heavy atom. The van der Waals surface area contributed by atoms with Gasteiger partial charge >= 0.3 is 5.97 Å². The minimum atomic E-state index is -0.954. The number of carboxylic acid groups (broad SMARTS) is 1. The highest BCUT2D eigenvalue weighted by Gasteiger charge is 2.55. The summed E-state index contributed by atoms with van der Waals surface area (Å²) in [5.41, 5.74) is 0.643. The van der Waals surface area contributed by atoms with E-state index in [1.165, 1.54) is 0 Å². The van der Waals surface area contributed by atoms with Crippen molar-refractivity contribution in [2.75, 3.05) is 5.32 Å². The van der Waals surface area contributed by atoms with Gasteiger partial charge in [0, 0.05) is 4.47 Å². The number of aliphatic carboxylic acids is 1. The number of carboxylic acids is 1. The molecule has 20 heavy (non-hydrogen) atoms. The average Bonchev–Trinajstić information content (AvgIpc) is 3.01. The number of carbonyl (C=O) groups excluding carboxylic acids is 1. The molecule has 6 heteroatoms. The quantitative estimate of drug-likeness (QED) is 0.885. The fourth-order valence-corrected chi connectivity index (χ4v) is 3.49. The van der Waals surface area contributed by atoms with Crippen molar-refractivity contribution < 1.29 is 19.4 Å². The molecule has 2 aliphatic rings. The highest BCUT2D eigenvalue weighted by Crippen LogP contribution is 2.44. The number of hydrogen-bond donors (Lipinski definition) is 2. The van der Waals surface area contributed by atoms with Crippen LogP contribution in [0.3, 0.4) is 0 Å². The summed E-state index contributed by atoms with van der Waals surface area (Å²) in [6.45, 7) is 0. The van der Waals surface area contributed by atoms with E-state index in [2.05, 4.69) is 21.2 Å². The molecule has 2 N–H and O–H groups in total. The van der Waals surface area contributed by atoms with Gasteiger partial charge in [-0.05, 0) is 40.9 Å². The molecule has 0 unspecified atom stereocenters. The molecule has 2 heterocycles. The van der Waals surface area contributed by atoms with Crippen LogP contribution < -0.4 is 5.32 Å². The number of carbonyl (C=O) groups is 2. The van der Waals surface area contributed by atoms with E-state index in [9.17, 15) is 14.7 Å². The molecule has 2 aliphatic heterocycles. The zero-order valence-electron chi connectivity index (χ0n) is 10.6. The van der Waals surface area contributed by atoms with Crippen LogP contribution in [0.15, 0.2) is 28.7 Å². The van der Waals surface area contributed by atoms with Crippen LogP contribution in [0.5, 0.6) is 0 Å². The minimum absolute atomic E-state index is 0.274. The Balaban J connectivity index is 1.80. The molecule has 1 aromatic rings. The lowest BCUT2D eigenvalue weighted by Gasteiger charge is -2.24. The van der Waals surface area contributed by atoms with Crippen LogP contribution in [-0.2, 0) is 14.3 Å². The Bertz CT molecular complexity index is 562. The lowest BCUT2D eigenvalue weighted by molar-refractivity contribution is -0.147. The minimum Gasteiger partial charge on any atom is -0.481 e. The smallest absolute Gasteiger partial charge is 0.310 e. The first-order valence-corrected chi connectivity index (χ1v) is 7.31. The van der Waals surface area contributed by atoms with Crippen LogP contribution in [0.1, 0.15) is 12.8 Å². The molecule has 5 nitrogen and oxygen atoms in total. The van der Waals surface area contributed by atoms with E-state index in [0.29, 0.717) is 5.69 Å². The van der Waals surface area contributed by atoms with Crippen LogP contribution in [0.4, 0.5) is 5.69 Å². The molecule has 1 aromatic carbocycles. The molecule has 0 aromatic heterocycles. The van der Waals surface area contributed by atoms with Crippen molar-refractivity contribution in [1.29, 1.82) is 0 Å². The van der Waals surface area contributed by atoms with Crippen molar-refractivity contribution in [1.82, 2.24) is 0 Å². The second kappa shape index (κ2) is 5.18. The molecular formula is C14H14BrNO4. The van der Waals surface area contributed by atoms with Gasteiger partial charge < -0.3 is 15.2 Å². The lowest BCUT2D eigenvalue weighted by Crippen LogP contribution is -2.41. The van der Waals surface area contributed by atoms with Gasteiger partial charge in [0.15, 0.2) is 0 Å². The second-order valence-corrected chi connectivity index (χ2v) is 6.00. The maximum atomic E-state index is 12.4. The summed E-state index contributed by atoms with van der Waals surface area (Å²) in [5.74, 6) is -2.59. The Kier molecular flexibility index (Phi) is 3.52. The number of halogens is 1. The number of fused-ring (bicyclic) bond motifs is 2. The molecule has 0 saturated carbocycles. The monoisotopic (exact) mass is 339 g/mol. The lowest BCUT2D eigenvalue weighted by atomic mass is 9.78. The summed E-state index contributed by atoms with van der Waals surface area (Å²) < 4.78 is 6.36. The fraction of sp³-hybridized carbons (Fsp3) is 0.429. The normalized spacial score (nSPS) is 31.2. The maximum Gasteiger partial charge on any atom is 0.310 e. The van der Waals surface area contributed by atoms with Crippen molar-refractivity contribution in [3.05, 3.63) is 28.7 Å². The third-order valence-electron chi connectivity index (χ3n) is 3.99. The molecule has 3 rings (SSSR count). The molecule has 0 aliphatic carbocycles. The molecule has 2 saturated heterocycles. The molecule has 0 spiro atoms. The molecule has 2 bridgehead atoms.